The number of aliphatic imine (C=N–C) groups is 1. The van der Waals surface area contributed by atoms with Crippen molar-refractivity contribution in [1.82, 2.24) is 15.2 Å². The molecule has 4 nitrogen and oxygen atoms in total. The molecule has 0 aromatic carbocycles. The van der Waals surface area contributed by atoms with Crippen LogP contribution in [0.5, 0.6) is 0 Å². The smallest absolute Gasteiger partial charge is 0.193 e. The van der Waals surface area contributed by atoms with Crippen molar-refractivity contribution in [3.63, 3.8) is 0 Å². The Hall–Kier alpha value is -0.370. The van der Waals surface area contributed by atoms with E-state index >= 15 is 0 Å². The van der Waals surface area contributed by atoms with Gasteiger partial charge in [-0.15, -0.1) is 35.3 Å². The maximum atomic E-state index is 4.70. The van der Waals surface area contributed by atoms with E-state index in [-0.39, 0.29) is 24.0 Å². The average molecular weight is 394 g/mol. The van der Waals surface area contributed by atoms with Crippen molar-refractivity contribution in [1.29, 1.82) is 0 Å². The Balaban J connectivity index is 0.00000180. The topological polar surface area (TPSA) is 40.5 Å². The van der Waals surface area contributed by atoms with Crippen molar-refractivity contribution in [3.05, 3.63) is 16.1 Å². The number of hydrogen-bond donors (Lipinski definition) is 1. The summed E-state index contributed by atoms with van der Waals surface area (Å²) < 4.78 is 0. The van der Waals surface area contributed by atoms with E-state index in [0.29, 0.717) is 0 Å². The summed E-state index contributed by atoms with van der Waals surface area (Å²) in [6.07, 6.45) is 3.51. The van der Waals surface area contributed by atoms with Gasteiger partial charge in [0.2, 0.25) is 0 Å². The third-order valence-electron chi connectivity index (χ3n) is 3.04. The van der Waals surface area contributed by atoms with Gasteiger partial charge in [-0.2, -0.15) is 0 Å². The summed E-state index contributed by atoms with van der Waals surface area (Å²) in [6, 6.07) is 0. The number of thiazole rings is 1. The fourth-order valence-corrected chi connectivity index (χ4v) is 2.80. The lowest BCUT2D eigenvalue weighted by Gasteiger charge is -2.20. The van der Waals surface area contributed by atoms with Crippen LogP contribution in [0, 0.1) is 6.92 Å². The van der Waals surface area contributed by atoms with E-state index in [1.54, 1.807) is 11.3 Å². The predicted molar refractivity (Wildman–Crippen MR) is 92.8 cm³/mol. The fourth-order valence-electron chi connectivity index (χ4n) is 2.15. The van der Waals surface area contributed by atoms with Crippen LogP contribution in [0.2, 0.25) is 0 Å². The quantitative estimate of drug-likeness (QED) is 0.485. The minimum atomic E-state index is 0. The van der Waals surface area contributed by atoms with Crippen LogP contribution < -0.4 is 5.32 Å². The molecule has 19 heavy (non-hydrogen) atoms. The van der Waals surface area contributed by atoms with Gasteiger partial charge in [0.15, 0.2) is 5.96 Å². The Bertz CT molecular complexity index is 399. The standard InChI is InChI=1S/C13H22N4S.HI/c1-3-14-13(17-8-4-5-9-17)15-7-6-12-10-18-11(2)16-12;/h10H,3-9H2,1-2H3,(H,14,15);1H. The van der Waals surface area contributed by atoms with Crippen LogP contribution in [-0.4, -0.2) is 42.0 Å². The lowest BCUT2D eigenvalue weighted by Crippen LogP contribution is -2.39. The monoisotopic (exact) mass is 394 g/mol. The normalized spacial score (nSPS) is 15.5. The van der Waals surface area contributed by atoms with Crippen LogP contribution in [0.1, 0.15) is 30.5 Å². The summed E-state index contributed by atoms with van der Waals surface area (Å²) >= 11 is 1.71. The molecule has 2 rings (SSSR count). The molecule has 0 bridgehead atoms. The van der Waals surface area contributed by atoms with Gasteiger partial charge in [-0.1, -0.05) is 0 Å². The molecule has 0 amide bonds. The number of nitrogens with zero attached hydrogens (tertiary/aromatic N) is 3. The first-order valence-electron chi connectivity index (χ1n) is 6.74. The van der Waals surface area contributed by atoms with Crippen molar-refractivity contribution < 1.29 is 0 Å². The van der Waals surface area contributed by atoms with Gasteiger partial charge in [0, 0.05) is 38.0 Å². The lowest BCUT2D eigenvalue weighted by atomic mass is 10.3. The molecule has 1 N–H and O–H groups in total. The van der Waals surface area contributed by atoms with E-state index in [1.165, 1.54) is 18.5 Å². The van der Waals surface area contributed by atoms with Crippen LogP contribution >= 0.6 is 35.3 Å². The van der Waals surface area contributed by atoms with Crippen molar-refractivity contribution in [3.8, 4) is 0 Å². The molecule has 108 valence electrons. The molecule has 0 aliphatic carbocycles. The fraction of sp³-hybridized carbons (Fsp3) is 0.692. The number of likely N-dealkylation sites (tertiary alicyclic amines) is 1. The van der Waals surface area contributed by atoms with Gasteiger partial charge in [-0.05, 0) is 26.7 Å². The molecule has 0 spiro atoms. The first-order chi connectivity index (χ1) is 8.79. The summed E-state index contributed by atoms with van der Waals surface area (Å²) in [6.45, 7) is 8.21. The van der Waals surface area contributed by atoms with Crippen molar-refractivity contribution in [2.75, 3.05) is 26.2 Å². The predicted octanol–water partition coefficient (Wildman–Crippen LogP) is 2.67. The van der Waals surface area contributed by atoms with E-state index in [4.69, 9.17) is 4.99 Å². The Morgan fingerprint density at radius 2 is 2.21 bits per heavy atom. The van der Waals surface area contributed by atoms with Crippen LogP contribution in [-0.2, 0) is 6.42 Å². The Morgan fingerprint density at radius 3 is 2.79 bits per heavy atom. The number of nitrogens with one attached hydrogen (secondary N) is 1. The van der Waals surface area contributed by atoms with Crippen LogP contribution in [0.15, 0.2) is 10.4 Å². The van der Waals surface area contributed by atoms with E-state index in [1.807, 2.05) is 6.92 Å². The molecule has 0 radical (unpaired) electrons. The first kappa shape index (κ1) is 16.7. The third kappa shape index (κ3) is 5.25. The number of guanidine groups is 1. The Labute approximate surface area is 136 Å². The van der Waals surface area contributed by atoms with Crippen molar-refractivity contribution in [2.24, 2.45) is 4.99 Å². The van der Waals surface area contributed by atoms with E-state index in [2.05, 4.69) is 27.5 Å². The summed E-state index contributed by atoms with van der Waals surface area (Å²) in [5.74, 6) is 1.07. The van der Waals surface area contributed by atoms with Crippen molar-refractivity contribution in [2.45, 2.75) is 33.1 Å². The summed E-state index contributed by atoms with van der Waals surface area (Å²) in [5, 5.41) is 6.65. The summed E-state index contributed by atoms with van der Waals surface area (Å²) in [5.41, 5.74) is 1.17. The van der Waals surface area contributed by atoms with E-state index in [0.717, 1.165) is 43.6 Å². The molecule has 0 atom stereocenters. The SMILES string of the molecule is CCNC(=NCCc1csc(C)n1)N1CCCC1.I. The zero-order valence-corrected chi connectivity index (χ0v) is 14.8. The molecule has 0 unspecified atom stereocenters. The second-order valence-electron chi connectivity index (χ2n) is 4.54. The highest BCUT2D eigenvalue weighted by molar-refractivity contribution is 14.0. The average Bonchev–Trinajstić information content (AvgIpc) is 2.99. The number of aryl methyl sites for hydroxylation is 1. The Kier molecular flexibility index (Phi) is 7.67. The third-order valence-corrected chi connectivity index (χ3v) is 3.86. The number of rotatable bonds is 4. The van der Waals surface area contributed by atoms with Gasteiger partial charge in [-0.3, -0.25) is 4.99 Å². The largest absolute Gasteiger partial charge is 0.357 e. The molecule has 1 fully saturated rings. The molecular weight excluding hydrogens is 371 g/mol. The molecule has 1 aromatic rings. The molecule has 6 heteroatoms. The molecule has 1 saturated heterocycles. The molecule has 1 aromatic heterocycles. The first-order valence-corrected chi connectivity index (χ1v) is 7.62. The molecule has 1 aliphatic rings. The highest BCUT2D eigenvalue weighted by Gasteiger charge is 2.15. The Morgan fingerprint density at radius 1 is 1.47 bits per heavy atom. The molecule has 1 aliphatic heterocycles. The number of hydrogen-bond acceptors (Lipinski definition) is 3. The zero-order valence-electron chi connectivity index (χ0n) is 11.7. The maximum absolute atomic E-state index is 4.70. The van der Waals surface area contributed by atoms with Gasteiger partial charge in [0.25, 0.3) is 0 Å². The maximum Gasteiger partial charge on any atom is 0.193 e. The van der Waals surface area contributed by atoms with Crippen LogP contribution in [0.3, 0.4) is 0 Å². The minimum absolute atomic E-state index is 0. The lowest BCUT2D eigenvalue weighted by molar-refractivity contribution is 0.494. The minimum Gasteiger partial charge on any atom is -0.357 e. The van der Waals surface area contributed by atoms with Gasteiger partial charge in [0.05, 0.1) is 10.7 Å². The molecule has 2 heterocycles. The van der Waals surface area contributed by atoms with Gasteiger partial charge in [-0.25, -0.2) is 4.98 Å². The van der Waals surface area contributed by atoms with E-state index in [9.17, 15) is 0 Å². The highest BCUT2D eigenvalue weighted by Crippen LogP contribution is 2.09. The second kappa shape index (κ2) is 8.73. The summed E-state index contributed by atoms with van der Waals surface area (Å²) in [7, 11) is 0. The van der Waals surface area contributed by atoms with Crippen LogP contribution in [0.25, 0.3) is 0 Å². The van der Waals surface area contributed by atoms with E-state index < -0.39 is 0 Å². The van der Waals surface area contributed by atoms with Gasteiger partial charge < -0.3 is 10.2 Å². The van der Waals surface area contributed by atoms with Crippen LogP contribution in [0.4, 0.5) is 0 Å². The zero-order chi connectivity index (χ0) is 12.8. The summed E-state index contributed by atoms with van der Waals surface area (Å²) in [4.78, 5) is 11.5. The second-order valence-corrected chi connectivity index (χ2v) is 5.60. The van der Waals surface area contributed by atoms with Gasteiger partial charge >= 0.3 is 0 Å². The number of aromatic nitrogens is 1. The van der Waals surface area contributed by atoms with Gasteiger partial charge in [0.1, 0.15) is 0 Å². The number of halogens is 1. The molecule has 0 saturated carbocycles. The van der Waals surface area contributed by atoms with Crippen molar-refractivity contribution >= 4 is 41.3 Å². The molecular formula is C13H23IN4S. The highest BCUT2D eigenvalue weighted by atomic mass is 127.